The van der Waals surface area contributed by atoms with Crippen molar-refractivity contribution in [3.05, 3.63) is 0 Å². The molecule has 1 rings (SSSR count). The largest absolute Gasteiger partial charge is 0.311 e. The number of halogens is 4. The standard InChI is InChI=1S/C6H9F4N/c7-5(8)4-1-6(9,10)3-11-2-4/h4-5,11H,1-3H2. The summed E-state index contributed by atoms with van der Waals surface area (Å²) in [6, 6.07) is 0. The summed E-state index contributed by atoms with van der Waals surface area (Å²) in [6.45, 7) is -0.483. The molecule has 1 atom stereocenters. The van der Waals surface area contributed by atoms with Gasteiger partial charge >= 0.3 is 0 Å². The lowest BCUT2D eigenvalue weighted by Crippen LogP contribution is -2.46. The molecule has 1 aliphatic heterocycles. The van der Waals surface area contributed by atoms with Crippen molar-refractivity contribution in [2.24, 2.45) is 5.92 Å². The van der Waals surface area contributed by atoms with Crippen LogP contribution in [0.3, 0.4) is 0 Å². The van der Waals surface area contributed by atoms with Crippen LogP contribution in [0.1, 0.15) is 6.42 Å². The second kappa shape index (κ2) is 2.97. The second-order valence-corrected chi connectivity index (χ2v) is 2.79. The number of hydrogen-bond donors (Lipinski definition) is 1. The van der Waals surface area contributed by atoms with Crippen LogP contribution in [0.15, 0.2) is 0 Å². The van der Waals surface area contributed by atoms with Gasteiger partial charge in [0.15, 0.2) is 0 Å². The molecule has 0 bridgehead atoms. The molecule has 1 unspecified atom stereocenters. The Labute approximate surface area is 61.8 Å². The minimum atomic E-state index is -2.96. The monoisotopic (exact) mass is 171 g/mol. The SMILES string of the molecule is FC(F)C1CNCC(F)(F)C1. The van der Waals surface area contributed by atoms with Gasteiger partial charge in [-0.15, -0.1) is 0 Å². The molecule has 0 aromatic carbocycles. The van der Waals surface area contributed by atoms with E-state index in [9.17, 15) is 17.6 Å². The summed E-state index contributed by atoms with van der Waals surface area (Å²) in [5.74, 6) is -4.15. The van der Waals surface area contributed by atoms with Gasteiger partial charge < -0.3 is 5.32 Å². The third-order valence-corrected chi connectivity index (χ3v) is 1.71. The Morgan fingerprint density at radius 1 is 1.36 bits per heavy atom. The molecular weight excluding hydrogens is 162 g/mol. The van der Waals surface area contributed by atoms with E-state index in [-0.39, 0.29) is 6.54 Å². The van der Waals surface area contributed by atoms with E-state index in [0.29, 0.717) is 0 Å². The van der Waals surface area contributed by atoms with Gasteiger partial charge in [0.05, 0.1) is 6.54 Å². The van der Waals surface area contributed by atoms with Crippen LogP contribution in [0.25, 0.3) is 0 Å². The predicted molar refractivity (Wildman–Crippen MR) is 31.9 cm³/mol. The summed E-state index contributed by atoms with van der Waals surface area (Å²) < 4.78 is 48.6. The molecule has 0 aromatic rings. The molecule has 66 valence electrons. The van der Waals surface area contributed by atoms with Gasteiger partial charge in [-0.25, -0.2) is 17.6 Å². The quantitative estimate of drug-likeness (QED) is 0.589. The smallest absolute Gasteiger partial charge is 0.260 e. The summed E-state index contributed by atoms with van der Waals surface area (Å²) in [5, 5.41) is 2.28. The summed E-state index contributed by atoms with van der Waals surface area (Å²) in [6.07, 6.45) is -3.34. The van der Waals surface area contributed by atoms with E-state index in [4.69, 9.17) is 0 Å². The molecule has 0 aromatic heterocycles. The fraction of sp³-hybridized carbons (Fsp3) is 1.00. The van der Waals surface area contributed by atoms with Crippen LogP contribution in [0.2, 0.25) is 0 Å². The Balaban J connectivity index is 2.46. The Kier molecular flexibility index (Phi) is 2.37. The van der Waals surface area contributed by atoms with E-state index >= 15 is 0 Å². The maximum atomic E-state index is 12.4. The minimum absolute atomic E-state index is 0.00669. The van der Waals surface area contributed by atoms with Crippen molar-refractivity contribution >= 4 is 0 Å². The second-order valence-electron chi connectivity index (χ2n) is 2.79. The maximum absolute atomic E-state index is 12.4. The summed E-state index contributed by atoms with van der Waals surface area (Å²) in [4.78, 5) is 0. The van der Waals surface area contributed by atoms with Gasteiger partial charge in [-0.05, 0) is 0 Å². The van der Waals surface area contributed by atoms with Crippen LogP contribution >= 0.6 is 0 Å². The third-order valence-electron chi connectivity index (χ3n) is 1.71. The Hall–Kier alpha value is -0.320. The lowest BCUT2D eigenvalue weighted by atomic mass is 9.97. The Morgan fingerprint density at radius 3 is 2.36 bits per heavy atom. The van der Waals surface area contributed by atoms with Gasteiger partial charge in [0.1, 0.15) is 0 Å². The molecule has 1 saturated heterocycles. The van der Waals surface area contributed by atoms with Gasteiger partial charge in [-0.2, -0.15) is 0 Å². The number of piperidine rings is 1. The van der Waals surface area contributed by atoms with Crippen molar-refractivity contribution < 1.29 is 17.6 Å². The Morgan fingerprint density at radius 2 is 2.00 bits per heavy atom. The molecule has 0 aliphatic carbocycles. The molecule has 0 radical (unpaired) electrons. The molecule has 0 amide bonds. The highest BCUT2D eigenvalue weighted by Gasteiger charge is 2.39. The van der Waals surface area contributed by atoms with Crippen LogP contribution in [0.4, 0.5) is 17.6 Å². The van der Waals surface area contributed by atoms with Crippen molar-refractivity contribution in [1.29, 1.82) is 0 Å². The van der Waals surface area contributed by atoms with Crippen LogP contribution in [-0.2, 0) is 0 Å². The molecule has 1 nitrogen and oxygen atoms in total. The minimum Gasteiger partial charge on any atom is -0.311 e. The molecule has 11 heavy (non-hydrogen) atoms. The zero-order valence-corrected chi connectivity index (χ0v) is 5.79. The molecule has 0 spiro atoms. The van der Waals surface area contributed by atoms with Gasteiger partial charge in [-0.1, -0.05) is 0 Å². The summed E-state index contributed by atoms with van der Waals surface area (Å²) in [7, 11) is 0. The van der Waals surface area contributed by atoms with Crippen LogP contribution in [0.5, 0.6) is 0 Å². The molecule has 1 fully saturated rings. The molecular formula is C6H9F4N. The third kappa shape index (κ3) is 2.32. The normalized spacial score (nSPS) is 30.8. The van der Waals surface area contributed by atoms with E-state index in [0.717, 1.165) is 0 Å². The fourth-order valence-electron chi connectivity index (χ4n) is 1.15. The number of hydrogen-bond acceptors (Lipinski definition) is 1. The van der Waals surface area contributed by atoms with Crippen molar-refractivity contribution in [3.63, 3.8) is 0 Å². The van der Waals surface area contributed by atoms with Crippen molar-refractivity contribution in [1.82, 2.24) is 5.32 Å². The average molecular weight is 171 g/mol. The number of nitrogens with one attached hydrogen (secondary N) is 1. The first-order chi connectivity index (χ1) is 5.01. The lowest BCUT2D eigenvalue weighted by molar-refractivity contribution is -0.0706. The van der Waals surface area contributed by atoms with Gasteiger partial charge in [0.25, 0.3) is 5.92 Å². The van der Waals surface area contributed by atoms with Crippen LogP contribution < -0.4 is 5.32 Å². The zero-order valence-electron chi connectivity index (χ0n) is 5.79. The Bertz CT molecular complexity index is 137. The molecule has 1 heterocycles. The predicted octanol–water partition coefficient (Wildman–Crippen LogP) is 1.50. The van der Waals surface area contributed by atoms with Crippen molar-refractivity contribution in [2.45, 2.75) is 18.8 Å². The highest BCUT2D eigenvalue weighted by molar-refractivity contribution is 4.82. The molecule has 5 heteroatoms. The first kappa shape index (κ1) is 8.77. The number of alkyl halides is 4. The fourth-order valence-corrected chi connectivity index (χ4v) is 1.15. The van der Waals surface area contributed by atoms with Crippen LogP contribution in [0, 0.1) is 5.92 Å². The van der Waals surface area contributed by atoms with E-state index in [2.05, 4.69) is 5.32 Å². The van der Waals surface area contributed by atoms with Crippen molar-refractivity contribution in [2.75, 3.05) is 13.1 Å². The summed E-state index contributed by atoms with van der Waals surface area (Å²) >= 11 is 0. The van der Waals surface area contributed by atoms with E-state index < -0.39 is 31.2 Å². The van der Waals surface area contributed by atoms with Gasteiger partial charge in [-0.3, -0.25) is 0 Å². The highest BCUT2D eigenvalue weighted by atomic mass is 19.3. The average Bonchev–Trinajstić information content (AvgIpc) is 1.85. The zero-order chi connectivity index (χ0) is 8.48. The molecule has 1 N–H and O–H groups in total. The molecule has 1 aliphatic rings. The molecule has 0 saturated carbocycles. The van der Waals surface area contributed by atoms with Gasteiger partial charge in [0.2, 0.25) is 6.43 Å². The van der Waals surface area contributed by atoms with Crippen molar-refractivity contribution in [3.8, 4) is 0 Å². The van der Waals surface area contributed by atoms with E-state index in [1.807, 2.05) is 0 Å². The lowest BCUT2D eigenvalue weighted by Gasteiger charge is -2.28. The summed E-state index contributed by atoms with van der Waals surface area (Å²) in [5.41, 5.74) is 0. The first-order valence-electron chi connectivity index (χ1n) is 3.38. The van der Waals surface area contributed by atoms with E-state index in [1.165, 1.54) is 0 Å². The van der Waals surface area contributed by atoms with E-state index in [1.54, 1.807) is 0 Å². The maximum Gasteiger partial charge on any atom is 0.260 e. The highest BCUT2D eigenvalue weighted by Crippen LogP contribution is 2.29. The van der Waals surface area contributed by atoms with Crippen LogP contribution in [-0.4, -0.2) is 25.4 Å². The van der Waals surface area contributed by atoms with Gasteiger partial charge in [0, 0.05) is 18.9 Å². The topological polar surface area (TPSA) is 12.0 Å². The first-order valence-corrected chi connectivity index (χ1v) is 3.38. The number of rotatable bonds is 1.